The van der Waals surface area contributed by atoms with E-state index in [1.165, 1.54) is 5.57 Å². The number of nitrogens with zero attached hydrogens (tertiary/aromatic N) is 1. The van der Waals surface area contributed by atoms with Crippen LogP contribution in [0.3, 0.4) is 0 Å². The molecule has 0 spiro atoms. The van der Waals surface area contributed by atoms with Crippen LogP contribution in [-0.2, 0) is 0 Å². The van der Waals surface area contributed by atoms with E-state index in [0.29, 0.717) is 5.92 Å². The third-order valence-electron chi connectivity index (χ3n) is 2.91. The smallest absolute Gasteiger partial charge is 0.0345 e. The van der Waals surface area contributed by atoms with Crippen LogP contribution in [0.2, 0.25) is 0 Å². The van der Waals surface area contributed by atoms with Gasteiger partial charge in [0, 0.05) is 11.9 Å². The molecule has 0 aromatic heterocycles. The first-order chi connectivity index (χ1) is 10.1. The zero-order valence-corrected chi connectivity index (χ0v) is 14.4. The molecule has 0 fully saturated rings. The number of hydrogen-bond acceptors (Lipinski definition) is 1. The highest BCUT2D eigenvalue weighted by Crippen LogP contribution is 2.26. The van der Waals surface area contributed by atoms with Crippen molar-refractivity contribution in [3.05, 3.63) is 72.0 Å². The lowest BCUT2D eigenvalue weighted by Gasteiger charge is -2.16. The minimum atomic E-state index is 0.447. The van der Waals surface area contributed by atoms with Crippen LogP contribution < -0.4 is 0 Å². The van der Waals surface area contributed by atoms with E-state index >= 15 is 0 Å². The van der Waals surface area contributed by atoms with Crippen molar-refractivity contribution in [1.29, 1.82) is 0 Å². The molecule has 0 aromatic carbocycles. The summed E-state index contributed by atoms with van der Waals surface area (Å²) in [6, 6.07) is 0. The molecule has 0 N–H and O–H groups in total. The van der Waals surface area contributed by atoms with Crippen molar-refractivity contribution in [2.75, 3.05) is 0 Å². The Hall–Kier alpha value is -1.89. The molecule has 0 saturated carbocycles. The third kappa shape index (κ3) is 6.89. The fourth-order valence-electron chi connectivity index (χ4n) is 1.75. The molecule has 1 nitrogen and oxygen atoms in total. The van der Waals surface area contributed by atoms with Crippen molar-refractivity contribution >= 4 is 5.71 Å². The summed E-state index contributed by atoms with van der Waals surface area (Å²) < 4.78 is 0. The van der Waals surface area contributed by atoms with Crippen LogP contribution in [0.15, 0.2) is 77.0 Å². The molecule has 0 bridgehead atoms. The van der Waals surface area contributed by atoms with Gasteiger partial charge in [0.25, 0.3) is 0 Å². The molecule has 0 aromatic rings. The Labute approximate surface area is 130 Å². The standard InChI is InChI=1S/C18H23N.C2H6/c1-6-8-9-17-12-18(11-10-15(17)5)16(7-2)13-19-14(3)4;1-2/h6-13,15H,2H2,1,3-5H3;1-2H3/b8-6-,16-13+,17-9-;. The lowest BCUT2D eigenvalue weighted by molar-refractivity contribution is 0.878. The highest BCUT2D eigenvalue weighted by molar-refractivity contribution is 5.79. The highest BCUT2D eigenvalue weighted by Gasteiger charge is 2.10. The summed E-state index contributed by atoms with van der Waals surface area (Å²) in [5.74, 6) is 0.447. The molecular formula is C20H29N. The average molecular weight is 283 g/mol. The third-order valence-corrected chi connectivity index (χ3v) is 2.91. The molecule has 0 amide bonds. The average Bonchev–Trinajstić information content (AvgIpc) is 2.49. The second-order valence-electron chi connectivity index (χ2n) is 4.80. The van der Waals surface area contributed by atoms with Crippen molar-refractivity contribution in [3.63, 3.8) is 0 Å². The zero-order valence-electron chi connectivity index (χ0n) is 14.4. The Kier molecular flexibility index (Phi) is 9.87. The Bertz CT molecular complexity index is 504. The van der Waals surface area contributed by atoms with Crippen LogP contribution in [0.4, 0.5) is 0 Å². The first-order valence-corrected chi connectivity index (χ1v) is 7.65. The van der Waals surface area contributed by atoms with E-state index in [0.717, 1.165) is 16.9 Å². The van der Waals surface area contributed by atoms with Gasteiger partial charge in [-0.05, 0) is 43.4 Å². The van der Waals surface area contributed by atoms with E-state index in [1.54, 1.807) is 0 Å². The molecule has 0 radical (unpaired) electrons. The predicted molar refractivity (Wildman–Crippen MR) is 97.7 cm³/mol. The molecule has 0 aliphatic heterocycles. The molecule has 1 aliphatic carbocycles. The Morgan fingerprint density at radius 3 is 2.48 bits per heavy atom. The second kappa shape index (κ2) is 10.8. The van der Waals surface area contributed by atoms with Crippen molar-refractivity contribution in [2.45, 2.75) is 41.5 Å². The summed E-state index contributed by atoms with van der Waals surface area (Å²) in [5, 5.41) is 0. The molecule has 0 saturated heterocycles. The van der Waals surface area contributed by atoms with Gasteiger partial charge in [-0.25, -0.2) is 0 Å². The van der Waals surface area contributed by atoms with E-state index < -0.39 is 0 Å². The van der Waals surface area contributed by atoms with Crippen LogP contribution in [0, 0.1) is 5.92 Å². The topological polar surface area (TPSA) is 12.4 Å². The van der Waals surface area contributed by atoms with Gasteiger partial charge < -0.3 is 0 Å². The van der Waals surface area contributed by atoms with E-state index in [-0.39, 0.29) is 0 Å². The number of hydrogen-bond donors (Lipinski definition) is 0. The molecular weight excluding hydrogens is 254 g/mol. The molecule has 1 unspecified atom stereocenters. The predicted octanol–water partition coefficient (Wildman–Crippen LogP) is 6.20. The van der Waals surface area contributed by atoms with E-state index in [4.69, 9.17) is 0 Å². The molecule has 1 atom stereocenters. The van der Waals surface area contributed by atoms with Crippen molar-refractivity contribution < 1.29 is 0 Å². The van der Waals surface area contributed by atoms with Crippen molar-refractivity contribution in [3.8, 4) is 0 Å². The van der Waals surface area contributed by atoms with Crippen LogP contribution in [-0.4, -0.2) is 5.71 Å². The minimum absolute atomic E-state index is 0.447. The van der Waals surface area contributed by atoms with Crippen molar-refractivity contribution in [2.24, 2.45) is 10.9 Å². The van der Waals surface area contributed by atoms with Crippen LogP contribution in [0.25, 0.3) is 0 Å². The summed E-state index contributed by atoms with van der Waals surface area (Å²) in [6.07, 6.45) is 16.6. The lowest BCUT2D eigenvalue weighted by Crippen LogP contribution is -2.00. The van der Waals surface area contributed by atoms with Gasteiger partial charge in [0.15, 0.2) is 0 Å². The van der Waals surface area contributed by atoms with Gasteiger partial charge in [0.05, 0.1) is 0 Å². The summed E-state index contributed by atoms with van der Waals surface area (Å²) in [4.78, 5) is 4.35. The van der Waals surface area contributed by atoms with Gasteiger partial charge in [-0.1, -0.05) is 69.9 Å². The van der Waals surface area contributed by atoms with Gasteiger partial charge in [-0.15, -0.1) is 0 Å². The van der Waals surface area contributed by atoms with Gasteiger partial charge >= 0.3 is 0 Å². The van der Waals surface area contributed by atoms with E-state index in [1.807, 2.05) is 53.0 Å². The number of allylic oxidation sites excluding steroid dienone is 10. The summed E-state index contributed by atoms with van der Waals surface area (Å²) in [6.45, 7) is 16.1. The van der Waals surface area contributed by atoms with E-state index in [9.17, 15) is 0 Å². The largest absolute Gasteiger partial charge is 0.266 e. The van der Waals surface area contributed by atoms with Gasteiger partial charge in [-0.2, -0.15) is 0 Å². The maximum absolute atomic E-state index is 4.35. The first-order valence-electron chi connectivity index (χ1n) is 7.65. The zero-order chi connectivity index (χ0) is 16.3. The Morgan fingerprint density at radius 2 is 1.95 bits per heavy atom. The van der Waals surface area contributed by atoms with Crippen molar-refractivity contribution in [1.82, 2.24) is 0 Å². The Morgan fingerprint density at radius 1 is 1.29 bits per heavy atom. The lowest BCUT2D eigenvalue weighted by atomic mass is 9.89. The molecule has 0 heterocycles. The fourth-order valence-corrected chi connectivity index (χ4v) is 1.75. The number of aliphatic imine (C=N–C) groups is 1. The van der Waals surface area contributed by atoms with Gasteiger partial charge in [-0.3, -0.25) is 4.99 Å². The quantitative estimate of drug-likeness (QED) is 0.430. The number of rotatable bonds is 4. The monoisotopic (exact) mass is 283 g/mol. The van der Waals surface area contributed by atoms with Crippen LogP contribution >= 0.6 is 0 Å². The van der Waals surface area contributed by atoms with Crippen LogP contribution in [0.5, 0.6) is 0 Å². The Balaban J connectivity index is 0.00000191. The summed E-state index contributed by atoms with van der Waals surface area (Å²) in [5.41, 5.74) is 4.56. The summed E-state index contributed by atoms with van der Waals surface area (Å²) in [7, 11) is 0. The SMILES string of the molecule is C=C/C(=C\N=C(C)C)C1=C/C(=C/C=C\C)C(C)C=C1.CC. The maximum Gasteiger partial charge on any atom is 0.0345 e. The molecule has 1 heteroatoms. The molecule has 1 aliphatic rings. The van der Waals surface area contributed by atoms with Crippen LogP contribution in [0.1, 0.15) is 41.5 Å². The molecule has 21 heavy (non-hydrogen) atoms. The van der Waals surface area contributed by atoms with E-state index in [2.05, 4.69) is 48.9 Å². The normalized spacial score (nSPS) is 19.9. The first kappa shape index (κ1) is 19.1. The van der Waals surface area contributed by atoms with Gasteiger partial charge in [0.2, 0.25) is 0 Å². The molecule has 1 rings (SSSR count). The minimum Gasteiger partial charge on any atom is -0.266 e. The van der Waals surface area contributed by atoms with Gasteiger partial charge in [0.1, 0.15) is 0 Å². The highest BCUT2D eigenvalue weighted by atomic mass is 14.7. The summed E-state index contributed by atoms with van der Waals surface area (Å²) >= 11 is 0. The fraction of sp³-hybridized carbons (Fsp3) is 0.350. The second-order valence-corrected chi connectivity index (χ2v) is 4.80. The molecule has 114 valence electrons. The maximum atomic E-state index is 4.35.